The molecule has 1 aliphatic heterocycles. The number of nitrogens with one attached hydrogen (secondary N) is 1. The molecule has 17 heavy (non-hydrogen) atoms. The van der Waals surface area contributed by atoms with Crippen LogP contribution in [-0.4, -0.2) is 11.0 Å². The van der Waals surface area contributed by atoms with Gasteiger partial charge in [0.25, 0.3) is 5.56 Å². The van der Waals surface area contributed by atoms with Crippen LogP contribution in [0.1, 0.15) is 43.9 Å². The van der Waals surface area contributed by atoms with Gasteiger partial charge in [-0.15, -0.1) is 0 Å². The van der Waals surface area contributed by atoms with E-state index in [4.69, 9.17) is 4.74 Å². The number of ether oxygens (including phenoxy) is 1. The summed E-state index contributed by atoms with van der Waals surface area (Å²) in [4.78, 5) is 26.2. The van der Waals surface area contributed by atoms with E-state index in [1.54, 1.807) is 13.0 Å². The summed E-state index contributed by atoms with van der Waals surface area (Å²) in [7, 11) is 0. The van der Waals surface area contributed by atoms with Crippen LogP contribution >= 0.6 is 0 Å². The Morgan fingerprint density at radius 1 is 1.47 bits per heavy atom. The average Bonchev–Trinajstić information content (AvgIpc) is 2.13. The third kappa shape index (κ3) is 2.40. The molecule has 2 rings (SSSR count). The van der Waals surface area contributed by atoms with E-state index in [1.807, 2.05) is 0 Å². The summed E-state index contributed by atoms with van der Waals surface area (Å²) in [5.41, 5.74) is 1.22. The van der Waals surface area contributed by atoms with Gasteiger partial charge in [0.05, 0.1) is 12.0 Å². The lowest BCUT2D eigenvalue weighted by Gasteiger charge is -2.24. The maximum atomic E-state index is 11.9. The first kappa shape index (κ1) is 11.9. The van der Waals surface area contributed by atoms with Gasteiger partial charge in [0.2, 0.25) is 0 Å². The maximum absolute atomic E-state index is 11.9. The Morgan fingerprint density at radius 3 is 2.82 bits per heavy atom. The van der Waals surface area contributed by atoms with Crippen LogP contribution in [0.4, 0.5) is 0 Å². The van der Waals surface area contributed by atoms with Crippen molar-refractivity contribution in [2.45, 2.75) is 39.5 Å². The van der Waals surface area contributed by atoms with Crippen molar-refractivity contribution in [3.63, 3.8) is 0 Å². The van der Waals surface area contributed by atoms with Crippen LogP contribution in [0.3, 0.4) is 0 Å². The van der Waals surface area contributed by atoms with Gasteiger partial charge in [-0.1, -0.05) is 13.8 Å². The number of pyridine rings is 1. The van der Waals surface area contributed by atoms with Gasteiger partial charge < -0.3 is 9.72 Å². The van der Waals surface area contributed by atoms with Crippen molar-refractivity contribution in [2.24, 2.45) is 5.92 Å². The van der Waals surface area contributed by atoms with Crippen LogP contribution in [0.25, 0.3) is 0 Å². The normalized spacial score (nSPS) is 19.1. The molecule has 0 aromatic carbocycles. The number of aromatic nitrogens is 1. The number of aromatic amines is 1. The van der Waals surface area contributed by atoms with Gasteiger partial charge in [0.15, 0.2) is 0 Å². The predicted octanol–water partition coefficient (Wildman–Crippen LogP) is 2.12. The first-order chi connectivity index (χ1) is 7.97. The standard InChI is InChI=1S/C13H17NO3/c1-7(2)4-9-6-11(15)17-10-5-8(3)14-13(16)12(9)10/h5,7,9H,4,6H2,1-3H3,(H,14,16)/t9-/m0/s1. The lowest BCUT2D eigenvalue weighted by molar-refractivity contribution is -0.136. The highest BCUT2D eigenvalue weighted by molar-refractivity contribution is 5.76. The smallest absolute Gasteiger partial charge is 0.311 e. The molecule has 2 heterocycles. The van der Waals surface area contributed by atoms with Crippen molar-refractivity contribution in [2.75, 3.05) is 0 Å². The van der Waals surface area contributed by atoms with E-state index in [-0.39, 0.29) is 17.4 Å². The summed E-state index contributed by atoms with van der Waals surface area (Å²) in [5.74, 6) is 0.622. The number of H-pyrrole nitrogens is 1. The molecule has 1 atom stereocenters. The van der Waals surface area contributed by atoms with Gasteiger partial charge in [-0.2, -0.15) is 0 Å². The molecule has 1 aromatic heterocycles. The van der Waals surface area contributed by atoms with E-state index in [9.17, 15) is 9.59 Å². The molecule has 0 unspecified atom stereocenters. The van der Waals surface area contributed by atoms with Crippen molar-refractivity contribution >= 4 is 5.97 Å². The summed E-state index contributed by atoms with van der Waals surface area (Å²) in [6, 6.07) is 1.72. The number of rotatable bonds is 2. The number of aryl methyl sites for hydroxylation is 1. The maximum Gasteiger partial charge on any atom is 0.311 e. The van der Waals surface area contributed by atoms with Crippen LogP contribution in [-0.2, 0) is 4.79 Å². The molecule has 1 aliphatic rings. The molecule has 0 saturated heterocycles. The van der Waals surface area contributed by atoms with E-state index in [0.717, 1.165) is 6.42 Å². The fraction of sp³-hybridized carbons (Fsp3) is 0.538. The Bertz CT molecular complexity index is 502. The molecular weight excluding hydrogens is 218 g/mol. The van der Waals surface area contributed by atoms with E-state index in [1.165, 1.54) is 0 Å². The Kier molecular flexibility index (Phi) is 3.05. The van der Waals surface area contributed by atoms with Gasteiger partial charge in [-0.05, 0) is 19.3 Å². The number of carbonyl (C=O) groups excluding carboxylic acids is 1. The Morgan fingerprint density at radius 2 is 2.18 bits per heavy atom. The molecule has 0 bridgehead atoms. The predicted molar refractivity (Wildman–Crippen MR) is 64.2 cm³/mol. The number of hydrogen-bond acceptors (Lipinski definition) is 3. The number of esters is 1. The number of hydrogen-bond donors (Lipinski definition) is 1. The molecule has 4 nitrogen and oxygen atoms in total. The number of carbonyl (C=O) groups is 1. The minimum absolute atomic E-state index is 0.0180. The van der Waals surface area contributed by atoms with E-state index >= 15 is 0 Å². The summed E-state index contributed by atoms with van der Waals surface area (Å²) in [5, 5.41) is 0. The average molecular weight is 235 g/mol. The molecule has 1 aromatic rings. The third-order valence-electron chi connectivity index (χ3n) is 2.97. The monoisotopic (exact) mass is 235 g/mol. The van der Waals surface area contributed by atoms with Crippen LogP contribution in [0.15, 0.2) is 10.9 Å². The lowest BCUT2D eigenvalue weighted by Crippen LogP contribution is -2.28. The zero-order chi connectivity index (χ0) is 12.6. The topological polar surface area (TPSA) is 59.2 Å². The second kappa shape index (κ2) is 4.35. The molecule has 4 heteroatoms. The van der Waals surface area contributed by atoms with Crippen molar-refractivity contribution in [3.05, 3.63) is 27.7 Å². The third-order valence-corrected chi connectivity index (χ3v) is 2.97. The molecule has 92 valence electrons. The second-order valence-corrected chi connectivity index (χ2v) is 5.06. The quantitative estimate of drug-likeness (QED) is 0.799. The van der Waals surface area contributed by atoms with Crippen molar-refractivity contribution in [1.82, 2.24) is 4.98 Å². The highest BCUT2D eigenvalue weighted by Crippen LogP contribution is 2.35. The SMILES string of the molecule is Cc1cc2c(c(=O)[nH]1)[C@@H](CC(C)C)CC(=O)O2. The molecule has 0 amide bonds. The summed E-state index contributed by atoms with van der Waals surface area (Å²) < 4.78 is 5.15. The largest absolute Gasteiger partial charge is 0.426 e. The van der Waals surface area contributed by atoms with Crippen LogP contribution in [0.5, 0.6) is 5.75 Å². The Hall–Kier alpha value is -1.58. The Balaban J connectivity index is 2.48. The molecule has 0 radical (unpaired) electrons. The van der Waals surface area contributed by atoms with Gasteiger partial charge in [0.1, 0.15) is 5.75 Å². The molecular formula is C13H17NO3. The summed E-state index contributed by atoms with van der Waals surface area (Å²) in [6.07, 6.45) is 1.13. The molecule has 0 aliphatic carbocycles. The van der Waals surface area contributed by atoms with Crippen LogP contribution in [0, 0.1) is 12.8 Å². The summed E-state index contributed by atoms with van der Waals surface area (Å²) >= 11 is 0. The van der Waals surface area contributed by atoms with Crippen molar-refractivity contribution < 1.29 is 9.53 Å². The van der Waals surface area contributed by atoms with Gasteiger partial charge in [-0.25, -0.2) is 0 Å². The van der Waals surface area contributed by atoms with Crippen molar-refractivity contribution in [1.29, 1.82) is 0 Å². The first-order valence-electron chi connectivity index (χ1n) is 5.92. The van der Waals surface area contributed by atoms with Gasteiger partial charge >= 0.3 is 5.97 Å². The number of fused-ring (bicyclic) bond motifs is 1. The molecule has 0 spiro atoms. The molecule has 0 saturated carbocycles. The zero-order valence-corrected chi connectivity index (χ0v) is 10.4. The fourth-order valence-corrected chi connectivity index (χ4v) is 2.38. The van der Waals surface area contributed by atoms with E-state index in [0.29, 0.717) is 29.3 Å². The minimum Gasteiger partial charge on any atom is -0.426 e. The Labute approximate surface area is 100 Å². The van der Waals surface area contributed by atoms with Crippen LogP contribution in [0.2, 0.25) is 0 Å². The first-order valence-corrected chi connectivity index (χ1v) is 5.92. The molecule has 1 N–H and O–H groups in total. The lowest BCUT2D eigenvalue weighted by atomic mass is 9.86. The zero-order valence-electron chi connectivity index (χ0n) is 10.4. The summed E-state index contributed by atoms with van der Waals surface area (Å²) in [6.45, 7) is 5.95. The van der Waals surface area contributed by atoms with Crippen molar-refractivity contribution in [3.8, 4) is 5.75 Å². The minimum atomic E-state index is -0.242. The van der Waals surface area contributed by atoms with Crippen LogP contribution < -0.4 is 10.3 Å². The second-order valence-electron chi connectivity index (χ2n) is 5.06. The molecule has 0 fully saturated rings. The van der Waals surface area contributed by atoms with Gasteiger partial charge in [-0.3, -0.25) is 9.59 Å². The van der Waals surface area contributed by atoms with E-state index in [2.05, 4.69) is 18.8 Å². The van der Waals surface area contributed by atoms with E-state index < -0.39 is 0 Å². The highest BCUT2D eigenvalue weighted by atomic mass is 16.5. The highest BCUT2D eigenvalue weighted by Gasteiger charge is 2.30. The fourth-order valence-electron chi connectivity index (χ4n) is 2.38. The van der Waals surface area contributed by atoms with Gasteiger partial charge in [0, 0.05) is 17.7 Å².